The summed E-state index contributed by atoms with van der Waals surface area (Å²) in [5.74, 6) is 0.473. The van der Waals surface area contributed by atoms with Crippen molar-refractivity contribution in [2.24, 2.45) is 0 Å². The third-order valence-electron chi connectivity index (χ3n) is 2.76. The van der Waals surface area contributed by atoms with Gasteiger partial charge in [-0.05, 0) is 58.0 Å². The van der Waals surface area contributed by atoms with E-state index >= 15 is 0 Å². The van der Waals surface area contributed by atoms with Gasteiger partial charge in [0.25, 0.3) is 0 Å². The van der Waals surface area contributed by atoms with E-state index in [0.29, 0.717) is 16.1 Å². The third kappa shape index (κ3) is 4.68. The molecule has 0 fully saturated rings. The molecule has 0 amide bonds. The molecule has 0 aliphatic carbocycles. The molecule has 2 aromatic rings. The van der Waals surface area contributed by atoms with Crippen LogP contribution in [-0.4, -0.2) is 12.2 Å². The highest BCUT2D eigenvalue weighted by molar-refractivity contribution is 9.10. The standard InChI is InChI=1S/C15H14BrFN2OS/c1-20-12-4-2-3-11(8-12)19-15(21)18-9-10-5-6-14(17)13(16)7-10/h2-8H,9H2,1H3,(H2,18,19,21). The van der Waals surface area contributed by atoms with E-state index in [4.69, 9.17) is 17.0 Å². The van der Waals surface area contributed by atoms with Gasteiger partial charge in [0.2, 0.25) is 0 Å². The van der Waals surface area contributed by atoms with E-state index in [2.05, 4.69) is 26.6 Å². The topological polar surface area (TPSA) is 33.3 Å². The van der Waals surface area contributed by atoms with Gasteiger partial charge in [-0.25, -0.2) is 4.39 Å². The summed E-state index contributed by atoms with van der Waals surface area (Å²) in [6, 6.07) is 12.3. The zero-order valence-electron chi connectivity index (χ0n) is 11.3. The third-order valence-corrected chi connectivity index (χ3v) is 3.62. The second kappa shape index (κ2) is 7.38. The van der Waals surface area contributed by atoms with E-state index in [0.717, 1.165) is 17.0 Å². The molecule has 2 rings (SSSR count). The van der Waals surface area contributed by atoms with Gasteiger partial charge in [-0.1, -0.05) is 12.1 Å². The molecule has 2 aromatic carbocycles. The maximum atomic E-state index is 13.1. The number of hydrogen-bond acceptors (Lipinski definition) is 2. The van der Waals surface area contributed by atoms with E-state index in [1.165, 1.54) is 6.07 Å². The van der Waals surface area contributed by atoms with E-state index in [9.17, 15) is 4.39 Å². The van der Waals surface area contributed by atoms with Crippen LogP contribution in [-0.2, 0) is 6.54 Å². The second-order valence-corrected chi connectivity index (χ2v) is 5.55. The van der Waals surface area contributed by atoms with Gasteiger partial charge in [0, 0.05) is 18.3 Å². The van der Waals surface area contributed by atoms with Crippen molar-refractivity contribution in [1.82, 2.24) is 5.32 Å². The molecule has 0 saturated heterocycles. The highest BCUT2D eigenvalue weighted by atomic mass is 79.9. The van der Waals surface area contributed by atoms with Gasteiger partial charge in [-0.15, -0.1) is 0 Å². The fraction of sp³-hybridized carbons (Fsp3) is 0.133. The molecule has 0 spiro atoms. The molecule has 3 nitrogen and oxygen atoms in total. The molecule has 110 valence electrons. The largest absolute Gasteiger partial charge is 0.497 e. The maximum Gasteiger partial charge on any atom is 0.171 e. The lowest BCUT2D eigenvalue weighted by Crippen LogP contribution is -2.27. The van der Waals surface area contributed by atoms with Crippen molar-refractivity contribution < 1.29 is 9.13 Å². The number of anilines is 1. The molecule has 21 heavy (non-hydrogen) atoms. The monoisotopic (exact) mass is 368 g/mol. The van der Waals surface area contributed by atoms with Crippen molar-refractivity contribution in [3.63, 3.8) is 0 Å². The molecule has 0 heterocycles. The lowest BCUT2D eigenvalue weighted by Gasteiger charge is -2.11. The molecule has 0 aromatic heterocycles. The molecule has 6 heteroatoms. The Hall–Kier alpha value is -1.66. The minimum Gasteiger partial charge on any atom is -0.497 e. The van der Waals surface area contributed by atoms with E-state index in [1.807, 2.05) is 24.3 Å². The highest BCUT2D eigenvalue weighted by Crippen LogP contribution is 2.18. The van der Waals surface area contributed by atoms with Crippen LogP contribution in [0, 0.1) is 5.82 Å². The minimum atomic E-state index is -0.282. The fourth-order valence-corrected chi connectivity index (χ4v) is 2.32. The number of rotatable bonds is 4. The predicted molar refractivity (Wildman–Crippen MR) is 90.2 cm³/mol. The van der Waals surface area contributed by atoms with Gasteiger partial charge in [0.05, 0.1) is 11.6 Å². The van der Waals surface area contributed by atoms with Gasteiger partial charge in [0.1, 0.15) is 11.6 Å². The first-order valence-electron chi connectivity index (χ1n) is 6.21. The SMILES string of the molecule is COc1cccc(NC(=S)NCc2ccc(F)c(Br)c2)c1. The van der Waals surface area contributed by atoms with E-state index in [1.54, 1.807) is 19.2 Å². The lowest BCUT2D eigenvalue weighted by molar-refractivity contribution is 0.415. The highest BCUT2D eigenvalue weighted by Gasteiger charge is 2.02. The molecule has 0 aliphatic rings. The Bertz CT molecular complexity index is 651. The summed E-state index contributed by atoms with van der Waals surface area (Å²) in [6.07, 6.45) is 0. The average Bonchev–Trinajstić information content (AvgIpc) is 2.48. The van der Waals surface area contributed by atoms with Crippen LogP contribution in [0.5, 0.6) is 5.75 Å². The zero-order chi connectivity index (χ0) is 15.2. The molecule has 0 atom stereocenters. The molecular formula is C15H14BrFN2OS. The molecule has 0 aliphatic heterocycles. The first-order valence-corrected chi connectivity index (χ1v) is 7.41. The van der Waals surface area contributed by atoms with Crippen LogP contribution in [0.2, 0.25) is 0 Å². The van der Waals surface area contributed by atoms with Gasteiger partial charge >= 0.3 is 0 Å². The lowest BCUT2D eigenvalue weighted by atomic mass is 10.2. The predicted octanol–water partition coefficient (Wildman–Crippen LogP) is 4.08. The van der Waals surface area contributed by atoms with Crippen LogP contribution in [0.25, 0.3) is 0 Å². The number of hydrogen-bond donors (Lipinski definition) is 2. The molecular weight excluding hydrogens is 355 g/mol. The Morgan fingerprint density at radius 2 is 2.10 bits per heavy atom. The summed E-state index contributed by atoms with van der Waals surface area (Å²) in [5.41, 5.74) is 1.77. The minimum absolute atomic E-state index is 0.282. The average molecular weight is 369 g/mol. The van der Waals surface area contributed by atoms with Gasteiger partial charge in [-0.3, -0.25) is 0 Å². The van der Waals surface area contributed by atoms with Crippen molar-refractivity contribution in [1.29, 1.82) is 0 Å². The normalized spacial score (nSPS) is 10.0. The Kier molecular flexibility index (Phi) is 5.52. The van der Waals surface area contributed by atoms with E-state index in [-0.39, 0.29) is 5.82 Å². The van der Waals surface area contributed by atoms with Gasteiger partial charge < -0.3 is 15.4 Å². The molecule has 0 radical (unpaired) electrons. The van der Waals surface area contributed by atoms with Crippen LogP contribution in [0.3, 0.4) is 0 Å². The van der Waals surface area contributed by atoms with Crippen molar-refractivity contribution in [3.8, 4) is 5.75 Å². The van der Waals surface area contributed by atoms with Crippen LogP contribution < -0.4 is 15.4 Å². The zero-order valence-corrected chi connectivity index (χ0v) is 13.7. The Morgan fingerprint density at radius 1 is 1.29 bits per heavy atom. The number of halogens is 2. The summed E-state index contributed by atoms with van der Waals surface area (Å²) in [6.45, 7) is 0.509. The first kappa shape index (κ1) is 15.7. The van der Waals surface area contributed by atoms with Crippen LogP contribution >= 0.6 is 28.1 Å². The summed E-state index contributed by atoms with van der Waals surface area (Å²) >= 11 is 8.38. The molecule has 0 bridgehead atoms. The number of benzene rings is 2. The first-order chi connectivity index (χ1) is 10.1. The van der Waals surface area contributed by atoms with E-state index < -0.39 is 0 Å². The summed E-state index contributed by atoms with van der Waals surface area (Å²) in [5, 5.41) is 6.62. The van der Waals surface area contributed by atoms with Crippen molar-refractivity contribution in [2.45, 2.75) is 6.54 Å². The molecule has 0 unspecified atom stereocenters. The number of ether oxygens (including phenoxy) is 1. The Labute approximate surface area is 136 Å². The van der Waals surface area contributed by atoms with Crippen LogP contribution in [0.15, 0.2) is 46.9 Å². The fourth-order valence-electron chi connectivity index (χ4n) is 1.71. The summed E-state index contributed by atoms with van der Waals surface area (Å²) in [4.78, 5) is 0. The smallest absolute Gasteiger partial charge is 0.171 e. The van der Waals surface area contributed by atoms with Gasteiger partial charge in [-0.2, -0.15) is 0 Å². The van der Waals surface area contributed by atoms with Crippen molar-refractivity contribution in [2.75, 3.05) is 12.4 Å². The number of nitrogens with one attached hydrogen (secondary N) is 2. The van der Waals surface area contributed by atoms with Crippen molar-refractivity contribution in [3.05, 3.63) is 58.3 Å². The summed E-state index contributed by atoms with van der Waals surface area (Å²) < 4.78 is 18.7. The van der Waals surface area contributed by atoms with Crippen LogP contribution in [0.1, 0.15) is 5.56 Å². The van der Waals surface area contributed by atoms with Crippen molar-refractivity contribution >= 4 is 38.9 Å². The Morgan fingerprint density at radius 3 is 2.81 bits per heavy atom. The maximum absolute atomic E-state index is 13.1. The molecule has 0 saturated carbocycles. The second-order valence-electron chi connectivity index (χ2n) is 4.29. The Balaban J connectivity index is 1.90. The number of methoxy groups -OCH3 is 1. The molecule has 2 N–H and O–H groups in total. The quantitative estimate of drug-likeness (QED) is 0.796. The van der Waals surface area contributed by atoms with Crippen LogP contribution in [0.4, 0.5) is 10.1 Å². The number of thiocarbonyl (C=S) groups is 1. The van der Waals surface area contributed by atoms with Gasteiger partial charge in [0.15, 0.2) is 5.11 Å². The summed E-state index contributed by atoms with van der Waals surface area (Å²) in [7, 11) is 1.61.